The van der Waals surface area contributed by atoms with Crippen molar-refractivity contribution in [2.24, 2.45) is 5.92 Å². The van der Waals surface area contributed by atoms with Gasteiger partial charge in [-0.1, -0.05) is 42.0 Å². The zero-order valence-corrected chi connectivity index (χ0v) is 23.9. The van der Waals surface area contributed by atoms with E-state index in [2.05, 4.69) is 51.5 Å². The third-order valence-electron chi connectivity index (χ3n) is 8.03. The van der Waals surface area contributed by atoms with Crippen LogP contribution in [0.1, 0.15) is 36.6 Å². The van der Waals surface area contributed by atoms with Gasteiger partial charge in [-0.15, -0.1) is 23.6 Å². The van der Waals surface area contributed by atoms with E-state index in [1.807, 2.05) is 30.5 Å². The van der Waals surface area contributed by atoms with Crippen LogP contribution in [0.5, 0.6) is 0 Å². The molecule has 5 aromatic rings. The number of benzene rings is 2. The molecule has 2 aromatic carbocycles. The molecule has 2 aliphatic rings. The second-order valence-electron chi connectivity index (χ2n) is 10.3. The van der Waals surface area contributed by atoms with Crippen molar-refractivity contribution in [3.05, 3.63) is 78.4 Å². The van der Waals surface area contributed by atoms with Gasteiger partial charge in [-0.3, -0.25) is 4.40 Å². The number of imidazole rings is 1. The van der Waals surface area contributed by atoms with E-state index in [0.29, 0.717) is 11.7 Å². The first-order valence-electron chi connectivity index (χ1n) is 12.9. The van der Waals surface area contributed by atoms with Crippen LogP contribution < -0.4 is 5.73 Å². The second kappa shape index (κ2) is 9.90. The van der Waals surface area contributed by atoms with Crippen molar-refractivity contribution in [2.45, 2.75) is 32.1 Å². The Labute approximate surface area is 242 Å². The van der Waals surface area contributed by atoms with Crippen molar-refractivity contribution in [3.8, 4) is 22.5 Å². The van der Waals surface area contributed by atoms with Crippen LogP contribution in [-0.2, 0) is 32.7 Å². The summed E-state index contributed by atoms with van der Waals surface area (Å²) in [6, 6.07) is 19.9. The summed E-state index contributed by atoms with van der Waals surface area (Å²) in [5.41, 5.74) is 13.3. The monoisotopic (exact) mass is 562 g/mol. The predicted octanol–water partition coefficient (Wildman–Crippen LogP) is 5.50. The number of nitrogen functional groups attached to an aromatic ring is 1. The first kappa shape index (κ1) is 24.7. The van der Waals surface area contributed by atoms with E-state index in [1.54, 1.807) is 6.20 Å². The van der Waals surface area contributed by atoms with E-state index in [0.717, 1.165) is 56.2 Å². The van der Waals surface area contributed by atoms with E-state index in [9.17, 15) is 0 Å². The zero-order valence-electron chi connectivity index (χ0n) is 21.1. The molecule has 1 aliphatic heterocycles. The van der Waals surface area contributed by atoms with Crippen molar-refractivity contribution in [1.82, 2.24) is 24.3 Å². The minimum atomic E-state index is 0. The van der Waals surface area contributed by atoms with E-state index in [4.69, 9.17) is 15.7 Å². The smallest absolute Gasteiger partial charge is 0.150 e. The summed E-state index contributed by atoms with van der Waals surface area (Å²) in [4.78, 5) is 17.3. The van der Waals surface area contributed by atoms with Crippen LogP contribution in [0.4, 0.5) is 5.82 Å². The number of rotatable bonds is 5. The summed E-state index contributed by atoms with van der Waals surface area (Å²) in [7, 11) is 0. The van der Waals surface area contributed by atoms with Crippen molar-refractivity contribution < 1.29 is 32.7 Å². The molecule has 183 valence electrons. The van der Waals surface area contributed by atoms with Gasteiger partial charge in [-0.25, -0.2) is 9.97 Å². The molecule has 1 radical (unpaired) electrons. The number of nitrogens with zero attached hydrogens (tertiary/aromatic N) is 5. The summed E-state index contributed by atoms with van der Waals surface area (Å²) in [5.74, 6) is 2.84. The van der Waals surface area contributed by atoms with Gasteiger partial charge in [0.05, 0.1) is 5.69 Å². The topological polar surface area (TPSA) is 72.3 Å². The number of nitrogens with two attached hydrogens (primary N) is 1. The van der Waals surface area contributed by atoms with Crippen LogP contribution in [0.15, 0.2) is 60.9 Å². The molecule has 0 bridgehead atoms. The zero-order chi connectivity index (χ0) is 24.2. The Bertz CT molecular complexity index is 1580. The first-order valence-corrected chi connectivity index (χ1v) is 12.9. The third-order valence-corrected chi connectivity index (χ3v) is 8.03. The summed E-state index contributed by atoms with van der Waals surface area (Å²) in [6.07, 6.45) is 7.51. The fraction of sp³-hybridized carbons (Fsp3) is 0.300. The van der Waals surface area contributed by atoms with E-state index < -0.39 is 0 Å². The Morgan fingerprint density at radius 2 is 1.86 bits per heavy atom. The minimum absolute atomic E-state index is 0. The normalized spacial score (nSPS) is 19.4. The molecule has 7 heteroatoms. The molecule has 1 saturated heterocycles. The standard InChI is InChI=1S/C30H29N6.Y/c1-19-24(10-8-22-9-11-25(33-26(19)22)21-6-3-2-4-7-21)27-28-29(31)32-12-15-36(28)30(34-27)23-16-20(17-23)18-35-13-5-14-35;/h2-4,6-8,10-12,15,20,23H,5,13-14,16-18H2,1H3,(H2,31,32);/q-1;. The Balaban J connectivity index is 0.00000252. The maximum Gasteiger partial charge on any atom is 0.150 e. The maximum atomic E-state index is 6.45. The van der Waals surface area contributed by atoms with Crippen molar-refractivity contribution in [1.29, 1.82) is 0 Å². The summed E-state index contributed by atoms with van der Waals surface area (Å²) < 4.78 is 2.17. The van der Waals surface area contributed by atoms with E-state index in [1.165, 1.54) is 38.9 Å². The van der Waals surface area contributed by atoms with Crippen molar-refractivity contribution >= 4 is 22.2 Å². The number of aryl methyl sites for hydroxylation is 1. The largest absolute Gasteiger partial charge is 0.382 e. The average molecular weight is 563 g/mol. The quantitative estimate of drug-likeness (QED) is 0.287. The number of likely N-dealkylation sites (tertiary alicyclic amines) is 1. The second-order valence-corrected chi connectivity index (χ2v) is 10.3. The van der Waals surface area contributed by atoms with Gasteiger partial charge in [0, 0.05) is 57.6 Å². The van der Waals surface area contributed by atoms with Gasteiger partial charge in [0.25, 0.3) is 0 Å². The Kier molecular flexibility index (Phi) is 6.60. The molecule has 0 unspecified atom stereocenters. The van der Waals surface area contributed by atoms with Gasteiger partial charge in [0.1, 0.15) is 17.2 Å². The number of hydrogen-bond acceptors (Lipinski definition) is 5. The number of hydrogen-bond donors (Lipinski definition) is 1. The molecule has 37 heavy (non-hydrogen) atoms. The number of anilines is 1. The van der Waals surface area contributed by atoms with E-state index >= 15 is 0 Å². The van der Waals surface area contributed by atoms with Gasteiger partial charge in [0.2, 0.25) is 0 Å². The minimum Gasteiger partial charge on any atom is -0.382 e. The van der Waals surface area contributed by atoms with Crippen LogP contribution in [0.2, 0.25) is 0 Å². The van der Waals surface area contributed by atoms with Gasteiger partial charge in [0.15, 0.2) is 0 Å². The summed E-state index contributed by atoms with van der Waals surface area (Å²) >= 11 is 0. The van der Waals surface area contributed by atoms with Crippen LogP contribution in [0.3, 0.4) is 0 Å². The molecule has 0 atom stereocenters. The molecular formula is C30H29N6Y-. The summed E-state index contributed by atoms with van der Waals surface area (Å²) in [6.45, 7) is 5.88. The number of aromatic nitrogens is 4. The fourth-order valence-electron chi connectivity index (χ4n) is 5.86. The van der Waals surface area contributed by atoms with Gasteiger partial charge in [-0.05, 0) is 67.5 Å². The van der Waals surface area contributed by atoms with Crippen molar-refractivity contribution in [3.63, 3.8) is 0 Å². The molecule has 3 aromatic heterocycles. The van der Waals surface area contributed by atoms with Crippen LogP contribution in [0.25, 0.3) is 38.9 Å². The Morgan fingerprint density at radius 3 is 2.62 bits per heavy atom. The first-order chi connectivity index (χ1) is 17.7. The van der Waals surface area contributed by atoms with Crippen molar-refractivity contribution in [2.75, 3.05) is 25.4 Å². The Hall–Kier alpha value is -2.67. The maximum absolute atomic E-state index is 6.45. The van der Waals surface area contributed by atoms with Crippen LogP contribution in [0, 0.1) is 18.9 Å². The van der Waals surface area contributed by atoms with Gasteiger partial charge >= 0.3 is 0 Å². The average Bonchev–Trinajstić information content (AvgIpc) is 3.23. The SMILES string of the molecule is Cc1c(-c2nc(C3CC(CN4CCC4)C3)n3ccnc(N)c23)ccc2[c-]cc(-c3ccccc3)nc12.[Y]. The fourth-order valence-corrected chi connectivity index (χ4v) is 5.86. The molecule has 7 rings (SSSR count). The molecule has 4 heterocycles. The number of fused-ring (bicyclic) bond motifs is 2. The van der Waals surface area contributed by atoms with Gasteiger partial charge in [-0.2, -0.15) is 0 Å². The third kappa shape index (κ3) is 4.29. The van der Waals surface area contributed by atoms with Gasteiger partial charge < -0.3 is 15.6 Å². The van der Waals surface area contributed by atoms with Crippen LogP contribution in [-0.4, -0.2) is 43.9 Å². The molecule has 1 saturated carbocycles. The molecular weight excluding hydrogens is 533 g/mol. The Morgan fingerprint density at radius 1 is 1.05 bits per heavy atom. The molecule has 6 nitrogen and oxygen atoms in total. The molecule has 0 spiro atoms. The molecule has 1 aliphatic carbocycles. The predicted molar refractivity (Wildman–Crippen MR) is 144 cm³/mol. The molecule has 0 amide bonds. The summed E-state index contributed by atoms with van der Waals surface area (Å²) in [5, 5.41) is 0.999. The molecule has 2 N–H and O–H groups in total. The number of pyridine rings is 1. The van der Waals surface area contributed by atoms with Crippen LogP contribution >= 0.6 is 0 Å². The molecule has 2 fully saturated rings. The van der Waals surface area contributed by atoms with E-state index in [-0.39, 0.29) is 32.7 Å².